The van der Waals surface area contributed by atoms with E-state index in [1.165, 1.54) is 12.8 Å². The molecule has 0 N–H and O–H groups in total. The maximum Gasteiger partial charge on any atom is 0.224 e. The molecule has 1 aromatic carbocycles. The smallest absolute Gasteiger partial charge is 0.224 e. The zero-order chi connectivity index (χ0) is 15.4. The molecule has 2 radical (unpaired) electrons. The molecule has 2 aliphatic heterocycles. The molecule has 2 aromatic rings. The molecule has 2 aliphatic rings. The highest BCUT2D eigenvalue weighted by Gasteiger charge is 2.35. The molecule has 0 amide bonds. The highest BCUT2D eigenvalue weighted by Crippen LogP contribution is 2.34. The Morgan fingerprint density at radius 3 is 2.91 bits per heavy atom. The number of nitrogens with zero attached hydrogens (tertiary/aromatic N) is 4. The molecule has 112 valence electrons. The number of fused-ring (bicyclic) bond motifs is 2. The highest BCUT2D eigenvalue weighted by atomic mass is 35.5. The number of aromatic nitrogens is 2. The molecule has 1 atom stereocenters. The van der Waals surface area contributed by atoms with E-state index in [4.69, 9.17) is 31.0 Å². The van der Waals surface area contributed by atoms with E-state index in [9.17, 15) is 0 Å². The van der Waals surface area contributed by atoms with Crippen LogP contribution in [0.25, 0.3) is 10.9 Å². The highest BCUT2D eigenvalue weighted by molar-refractivity contribution is 6.49. The van der Waals surface area contributed by atoms with E-state index >= 15 is 0 Å². The molecular weight excluding hydrogens is 318 g/mol. The van der Waals surface area contributed by atoms with Gasteiger partial charge in [0.05, 0.1) is 17.2 Å². The molecular formula is C15H15BCl2N4. The minimum Gasteiger partial charge on any atom is -0.341 e. The van der Waals surface area contributed by atoms with Gasteiger partial charge in [0.15, 0.2) is 0 Å². The van der Waals surface area contributed by atoms with Crippen molar-refractivity contribution < 1.29 is 0 Å². The predicted molar refractivity (Wildman–Crippen MR) is 91.6 cm³/mol. The lowest BCUT2D eigenvalue weighted by molar-refractivity contribution is 0.330. The van der Waals surface area contributed by atoms with Crippen molar-refractivity contribution in [3.05, 3.63) is 21.9 Å². The van der Waals surface area contributed by atoms with E-state index in [1.54, 1.807) is 0 Å². The van der Waals surface area contributed by atoms with Crippen molar-refractivity contribution in [2.24, 2.45) is 0 Å². The van der Waals surface area contributed by atoms with Crippen LogP contribution in [0.4, 0.5) is 5.82 Å². The number of aryl methyl sites for hydroxylation is 1. The summed E-state index contributed by atoms with van der Waals surface area (Å²) in [6.45, 7) is 4.96. The van der Waals surface area contributed by atoms with Crippen molar-refractivity contribution in [2.45, 2.75) is 25.8 Å². The third-order valence-electron chi connectivity index (χ3n) is 4.71. The largest absolute Gasteiger partial charge is 0.341 e. The van der Waals surface area contributed by atoms with Gasteiger partial charge in [-0.15, -0.1) is 0 Å². The molecule has 1 unspecified atom stereocenters. The number of benzene rings is 1. The Balaban J connectivity index is 1.87. The molecule has 0 bridgehead atoms. The van der Waals surface area contributed by atoms with Crippen LogP contribution in [-0.4, -0.2) is 48.5 Å². The fourth-order valence-corrected chi connectivity index (χ4v) is 4.00. The molecule has 7 heteroatoms. The van der Waals surface area contributed by atoms with Crippen LogP contribution in [0.1, 0.15) is 18.4 Å². The van der Waals surface area contributed by atoms with E-state index in [0.717, 1.165) is 36.5 Å². The lowest BCUT2D eigenvalue weighted by Crippen LogP contribution is -2.26. The third kappa shape index (κ3) is 2.18. The molecule has 1 aromatic heterocycles. The Hall–Kier alpha value is -1.04. The van der Waals surface area contributed by atoms with Gasteiger partial charge in [0.2, 0.25) is 5.28 Å². The molecule has 4 rings (SSSR count). The molecule has 22 heavy (non-hydrogen) atoms. The monoisotopic (exact) mass is 332 g/mol. The van der Waals surface area contributed by atoms with E-state index in [-0.39, 0.29) is 5.28 Å². The van der Waals surface area contributed by atoms with Gasteiger partial charge in [-0.25, -0.2) is 4.98 Å². The maximum absolute atomic E-state index is 6.37. The molecule has 0 aliphatic carbocycles. The first-order valence-corrected chi connectivity index (χ1v) is 8.21. The molecule has 4 nitrogen and oxygen atoms in total. The van der Waals surface area contributed by atoms with Crippen LogP contribution in [-0.2, 0) is 0 Å². The van der Waals surface area contributed by atoms with Gasteiger partial charge >= 0.3 is 0 Å². The lowest BCUT2D eigenvalue weighted by atomic mass is 9.89. The fourth-order valence-electron chi connectivity index (χ4n) is 3.54. The Kier molecular flexibility index (Phi) is 3.48. The zero-order valence-electron chi connectivity index (χ0n) is 12.3. The fraction of sp³-hybridized carbons (Fsp3) is 0.467. The van der Waals surface area contributed by atoms with Crippen LogP contribution >= 0.6 is 23.2 Å². The first kappa shape index (κ1) is 14.6. The van der Waals surface area contributed by atoms with Crippen molar-refractivity contribution in [2.75, 3.05) is 24.7 Å². The summed E-state index contributed by atoms with van der Waals surface area (Å²) >= 11 is 12.5. The normalized spacial score (nSPS) is 21.8. The third-order valence-corrected chi connectivity index (χ3v) is 5.26. The first-order valence-electron chi connectivity index (χ1n) is 7.45. The summed E-state index contributed by atoms with van der Waals surface area (Å²) in [5.41, 5.74) is 2.12. The number of halogens is 2. The van der Waals surface area contributed by atoms with Crippen molar-refractivity contribution in [3.8, 4) is 0 Å². The second kappa shape index (κ2) is 5.26. The van der Waals surface area contributed by atoms with Crippen LogP contribution in [0.15, 0.2) is 6.07 Å². The number of anilines is 1. The summed E-state index contributed by atoms with van der Waals surface area (Å²) in [6.07, 6.45) is 2.53. The summed E-state index contributed by atoms with van der Waals surface area (Å²) in [5.74, 6) is 0.856. The zero-order valence-corrected chi connectivity index (χ0v) is 13.8. The standard InChI is InChI=1S/C15H15BCl2N4/c1-8-5-10-13(12(17)11(8)16)19-15(18)20-14(10)22-6-9-3-2-4-21(9)7-22/h5,9H,2-4,6-7H2,1H3. The average molecular weight is 333 g/mol. The van der Waals surface area contributed by atoms with Gasteiger partial charge < -0.3 is 4.90 Å². The minimum absolute atomic E-state index is 0.208. The molecule has 2 saturated heterocycles. The van der Waals surface area contributed by atoms with Crippen LogP contribution in [0.2, 0.25) is 10.3 Å². The summed E-state index contributed by atoms with van der Waals surface area (Å²) < 4.78 is 0. The Bertz CT molecular complexity index is 755. The van der Waals surface area contributed by atoms with Gasteiger partial charge in [0.1, 0.15) is 13.7 Å². The summed E-state index contributed by atoms with van der Waals surface area (Å²) in [5, 5.41) is 1.59. The van der Waals surface area contributed by atoms with Gasteiger partial charge in [-0.3, -0.25) is 4.90 Å². The van der Waals surface area contributed by atoms with E-state index in [1.807, 2.05) is 13.0 Å². The topological polar surface area (TPSA) is 32.3 Å². The molecule has 2 fully saturated rings. The number of hydrogen-bond acceptors (Lipinski definition) is 4. The van der Waals surface area contributed by atoms with Crippen molar-refractivity contribution in [1.29, 1.82) is 0 Å². The maximum atomic E-state index is 6.37. The second-order valence-corrected chi connectivity index (χ2v) is 6.82. The SMILES string of the molecule is [B]c1c(C)cc2c(N3CC4CCCN4C3)nc(Cl)nc2c1Cl. The van der Waals surface area contributed by atoms with Gasteiger partial charge in [-0.1, -0.05) is 22.6 Å². The van der Waals surface area contributed by atoms with Crippen molar-refractivity contribution in [1.82, 2.24) is 14.9 Å². The van der Waals surface area contributed by atoms with Crippen LogP contribution in [0.5, 0.6) is 0 Å². The van der Waals surface area contributed by atoms with Crippen molar-refractivity contribution in [3.63, 3.8) is 0 Å². The first-order chi connectivity index (χ1) is 10.5. The quantitative estimate of drug-likeness (QED) is 0.592. The van der Waals surface area contributed by atoms with Gasteiger partial charge in [0.25, 0.3) is 0 Å². The predicted octanol–water partition coefficient (Wildman–Crippen LogP) is 2.28. The average Bonchev–Trinajstić information content (AvgIpc) is 3.06. The number of rotatable bonds is 1. The van der Waals surface area contributed by atoms with Crippen LogP contribution in [0, 0.1) is 6.92 Å². The van der Waals surface area contributed by atoms with E-state index in [0.29, 0.717) is 22.0 Å². The van der Waals surface area contributed by atoms with Crippen LogP contribution < -0.4 is 10.4 Å². The second-order valence-electron chi connectivity index (χ2n) is 6.11. The van der Waals surface area contributed by atoms with E-state index < -0.39 is 0 Å². The van der Waals surface area contributed by atoms with Gasteiger partial charge in [-0.2, -0.15) is 4.98 Å². The molecule has 0 saturated carbocycles. The minimum atomic E-state index is 0.208. The van der Waals surface area contributed by atoms with Crippen molar-refractivity contribution >= 4 is 53.2 Å². The van der Waals surface area contributed by atoms with Crippen LogP contribution in [0.3, 0.4) is 0 Å². The summed E-state index contributed by atoms with van der Waals surface area (Å²) in [7, 11) is 6.02. The summed E-state index contributed by atoms with van der Waals surface area (Å²) in [4.78, 5) is 13.5. The Labute approximate surface area is 140 Å². The van der Waals surface area contributed by atoms with Gasteiger partial charge in [-0.05, 0) is 37.4 Å². The van der Waals surface area contributed by atoms with E-state index in [2.05, 4.69) is 19.8 Å². The molecule has 3 heterocycles. The Morgan fingerprint density at radius 1 is 1.32 bits per heavy atom. The molecule has 0 spiro atoms. The number of hydrogen-bond donors (Lipinski definition) is 0. The van der Waals surface area contributed by atoms with Gasteiger partial charge in [0, 0.05) is 24.5 Å². The summed E-state index contributed by atoms with van der Waals surface area (Å²) in [6, 6.07) is 2.63. The lowest BCUT2D eigenvalue weighted by Gasteiger charge is -2.21. The Morgan fingerprint density at radius 2 is 2.14 bits per heavy atom.